The zero-order valence-corrected chi connectivity index (χ0v) is 29.4. The van der Waals surface area contributed by atoms with Crippen molar-refractivity contribution in [3.8, 4) is 45.3 Å². The summed E-state index contributed by atoms with van der Waals surface area (Å²) in [5, 5.41) is 7.71. The number of thiophene rings is 3. The summed E-state index contributed by atoms with van der Waals surface area (Å²) < 4.78 is 7.67. The van der Waals surface area contributed by atoms with E-state index in [0.29, 0.717) is 17.5 Å². The molecule has 0 atom stereocenters. The second-order valence-electron chi connectivity index (χ2n) is 12.8. The first-order chi connectivity index (χ1) is 25.2. The second-order valence-corrected chi connectivity index (χ2v) is 16.0. The maximum absolute atomic E-state index is 5.11. The number of hydrogen-bond acceptors (Lipinski definition) is 6. The van der Waals surface area contributed by atoms with Gasteiger partial charge in [0.1, 0.15) is 0 Å². The lowest BCUT2D eigenvalue weighted by Gasteiger charge is -2.09. The lowest BCUT2D eigenvalue weighted by molar-refractivity contribution is 1.08. The molecule has 0 fully saturated rings. The zero-order valence-electron chi connectivity index (χ0n) is 27.0. The molecule has 0 N–H and O–H groups in total. The number of nitrogens with zero attached hydrogens (tertiary/aromatic N) is 3. The second kappa shape index (κ2) is 11.4. The molecule has 0 amide bonds. The van der Waals surface area contributed by atoms with E-state index in [4.69, 9.17) is 15.0 Å². The van der Waals surface area contributed by atoms with Crippen molar-refractivity contribution in [3.05, 3.63) is 152 Å². The normalized spacial score (nSPS) is 11.9. The minimum atomic E-state index is 0.670. The van der Waals surface area contributed by atoms with Crippen molar-refractivity contribution in [2.45, 2.75) is 0 Å². The van der Waals surface area contributed by atoms with E-state index in [1.807, 2.05) is 40.9 Å². The van der Waals surface area contributed by atoms with Gasteiger partial charge < -0.3 is 0 Å². The monoisotopic (exact) mass is 703 g/mol. The summed E-state index contributed by atoms with van der Waals surface area (Å²) in [6, 6.07) is 54.3. The van der Waals surface area contributed by atoms with E-state index < -0.39 is 0 Å². The third-order valence-electron chi connectivity index (χ3n) is 9.75. The molecular weight excluding hydrogens is 679 g/mol. The number of benzene rings is 7. The van der Waals surface area contributed by atoms with Crippen molar-refractivity contribution in [3.63, 3.8) is 0 Å². The van der Waals surface area contributed by atoms with E-state index in [1.54, 1.807) is 11.3 Å². The van der Waals surface area contributed by atoms with Crippen LogP contribution in [0.5, 0.6) is 0 Å². The number of fused-ring (bicyclic) bond motifs is 9. The predicted molar refractivity (Wildman–Crippen MR) is 220 cm³/mol. The van der Waals surface area contributed by atoms with E-state index in [-0.39, 0.29) is 0 Å². The fourth-order valence-corrected chi connectivity index (χ4v) is 10.8. The molecule has 7 aromatic carbocycles. The zero-order chi connectivity index (χ0) is 33.5. The van der Waals surface area contributed by atoms with E-state index in [2.05, 4.69) is 133 Å². The molecule has 0 saturated heterocycles. The van der Waals surface area contributed by atoms with Gasteiger partial charge in [0.05, 0.1) is 0 Å². The molecule has 0 spiro atoms. The van der Waals surface area contributed by atoms with Crippen LogP contribution in [0.2, 0.25) is 0 Å². The Bertz CT molecular complexity index is 3150. The topological polar surface area (TPSA) is 38.7 Å². The molecule has 11 aromatic rings. The molecular formula is C45H25N3S3. The molecule has 0 saturated carbocycles. The van der Waals surface area contributed by atoms with Crippen LogP contribution >= 0.6 is 34.0 Å². The Morgan fingerprint density at radius 2 is 0.745 bits per heavy atom. The van der Waals surface area contributed by atoms with E-state index in [0.717, 1.165) is 16.7 Å². The van der Waals surface area contributed by atoms with Gasteiger partial charge in [-0.1, -0.05) is 121 Å². The molecule has 51 heavy (non-hydrogen) atoms. The maximum Gasteiger partial charge on any atom is 0.164 e. The summed E-state index contributed by atoms with van der Waals surface area (Å²) in [6.07, 6.45) is 0. The number of hydrogen-bond donors (Lipinski definition) is 0. The van der Waals surface area contributed by atoms with Crippen LogP contribution in [0.1, 0.15) is 0 Å². The molecule has 0 radical (unpaired) electrons. The van der Waals surface area contributed by atoms with Gasteiger partial charge in [-0.15, -0.1) is 34.0 Å². The van der Waals surface area contributed by atoms with Crippen molar-refractivity contribution in [1.82, 2.24) is 15.0 Å². The van der Waals surface area contributed by atoms with Gasteiger partial charge in [-0.2, -0.15) is 0 Å². The number of aromatic nitrogens is 3. The first-order valence-corrected chi connectivity index (χ1v) is 19.3. The minimum absolute atomic E-state index is 0.670. The van der Waals surface area contributed by atoms with Gasteiger partial charge in [0.2, 0.25) is 0 Å². The van der Waals surface area contributed by atoms with Gasteiger partial charge in [0.25, 0.3) is 0 Å². The minimum Gasteiger partial charge on any atom is -0.208 e. The molecule has 0 aliphatic carbocycles. The summed E-state index contributed by atoms with van der Waals surface area (Å²) in [7, 11) is 0. The first-order valence-electron chi connectivity index (χ1n) is 16.8. The molecule has 11 rings (SSSR count). The Hall–Kier alpha value is -5.79. The van der Waals surface area contributed by atoms with Gasteiger partial charge in [-0.25, -0.2) is 15.0 Å². The van der Waals surface area contributed by atoms with Crippen LogP contribution in [-0.4, -0.2) is 15.0 Å². The lowest BCUT2D eigenvalue weighted by atomic mass is 10.0. The van der Waals surface area contributed by atoms with Crippen LogP contribution in [0.15, 0.2) is 152 Å². The average molecular weight is 704 g/mol. The Morgan fingerprint density at radius 1 is 0.294 bits per heavy atom. The quantitative estimate of drug-likeness (QED) is 0.183. The fraction of sp³-hybridized carbons (Fsp3) is 0. The van der Waals surface area contributed by atoms with Crippen LogP contribution in [0.4, 0.5) is 0 Å². The van der Waals surface area contributed by atoms with Crippen molar-refractivity contribution >= 4 is 94.5 Å². The van der Waals surface area contributed by atoms with Crippen molar-refractivity contribution in [1.29, 1.82) is 0 Å². The van der Waals surface area contributed by atoms with Crippen molar-refractivity contribution in [2.75, 3.05) is 0 Å². The summed E-state index contributed by atoms with van der Waals surface area (Å²) in [5.41, 5.74) is 5.46. The highest BCUT2D eigenvalue weighted by molar-refractivity contribution is 7.27. The Kier molecular flexibility index (Phi) is 6.46. The van der Waals surface area contributed by atoms with Gasteiger partial charge in [0.15, 0.2) is 17.5 Å². The maximum atomic E-state index is 5.11. The highest BCUT2D eigenvalue weighted by atomic mass is 32.1. The molecule has 0 unspecified atom stereocenters. The first kappa shape index (κ1) is 29.0. The SMILES string of the molecule is c1ccc(-c2nc(-c3ccc4c(c3)sc3ccccc34)nc(-c3ccc4c(c3)sc3cc(-c5cccc6c5sc5ccccc56)ccc34)n2)cc1. The van der Waals surface area contributed by atoms with Crippen LogP contribution in [-0.2, 0) is 0 Å². The van der Waals surface area contributed by atoms with Gasteiger partial charge >= 0.3 is 0 Å². The van der Waals surface area contributed by atoms with E-state index in [1.165, 1.54) is 71.6 Å². The Morgan fingerprint density at radius 3 is 1.39 bits per heavy atom. The van der Waals surface area contributed by atoms with E-state index in [9.17, 15) is 0 Å². The predicted octanol–water partition coefficient (Wildman–Crippen LogP) is 13.6. The van der Waals surface area contributed by atoms with E-state index >= 15 is 0 Å². The fourth-order valence-electron chi connectivity index (χ4n) is 7.27. The summed E-state index contributed by atoms with van der Waals surface area (Å²) in [6.45, 7) is 0. The molecule has 3 nitrogen and oxygen atoms in total. The summed E-state index contributed by atoms with van der Waals surface area (Å²) >= 11 is 5.51. The largest absolute Gasteiger partial charge is 0.208 e. The molecule has 0 bridgehead atoms. The Labute approximate surface area is 304 Å². The highest BCUT2D eigenvalue weighted by Gasteiger charge is 2.16. The van der Waals surface area contributed by atoms with Crippen LogP contribution in [0.25, 0.3) is 106 Å². The average Bonchev–Trinajstić information content (AvgIpc) is 3.88. The van der Waals surface area contributed by atoms with Crippen LogP contribution in [0.3, 0.4) is 0 Å². The smallest absolute Gasteiger partial charge is 0.164 e. The highest BCUT2D eigenvalue weighted by Crippen LogP contribution is 2.43. The third kappa shape index (κ3) is 4.72. The number of rotatable bonds is 4. The lowest BCUT2D eigenvalue weighted by Crippen LogP contribution is -2.00. The molecule has 238 valence electrons. The van der Waals surface area contributed by atoms with Crippen LogP contribution in [0, 0.1) is 0 Å². The van der Waals surface area contributed by atoms with Crippen LogP contribution < -0.4 is 0 Å². The van der Waals surface area contributed by atoms with Crippen molar-refractivity contribution < 1.29 is 0 Å². The molecule has 4 heterocycles. The molecule has 4 aromatic heterocycles. The van der Waals surface area contributed by atoms with Gasteiger partial charge in [-0.05, 0) is 41.5 Å². The summed E-state index contributed by atoms with van der Waals surface area (Å²) in [4.78, 5) is 15.2. The molecule has 6 heteroatoms. The van der Waals surface area contributed by atoms with Crippen molar-refractivity contribution in [2.24, 2.45) is 0 Å². The standard InChI is InChI=1S/C45H25N3S3/c1-2-9-26(10-3-1)43-46-44(28-18-21-33-31-11-4-6-15-37(31)49-40(33)24-28)48-45(47-43)29-19-22-35-34-20-17-27(23-39(34)50-41(35)25-29)30-13-8-14-36-32-12-5-7-16-38(32)51-42(30)36/h1-25H. The van der Waals surface area contributed by atoms with Gasteiger partial charge in [-0.3, -0.25) is 0 Å². The van der Waals surface area contributed by atoms with Gasteiger partial charge in [0, 0.05) is 77.2 Å². The Balaban J connectivity index is 1.04. The molecule has 0 aliphatic rings. The molecule has 0 aliphatic heterocycles. The third-order valence-corrected chi connectivity index (χ3v) is 13.2. The summed E-state index contributed by atoms with van der Waals surface area (Å²) in [5.74, 6) is 2.02.